The fourth-order valence-electron chi connectivity index (χ4n) is 1.88. The summed E-state index contributed by atoms with van der Waals surface area (Å²) in [7, 11) is 4.22. The Morgan fingerprint density at radius 1 is 1.41 bits per heavy atom. The van der Waals surface area contributed by atoms with E-state index in [9.17, 15) is 0 Å². The molecule has 0 aliphatic heterocycles. The van der Waals surface area contributed by atoms with Gasteiger partial charge < -0.3 is 10.2 Å². The Hall–Kier alpha value is -0.870. The second kappa shape index (κ2) is 7.45. The minimum atomic E-state index is 0.925. The van der Waals surface area contributed by atoms with E-state index in [1.807, 2.05) is 0 Å². The maximum absolute atomic E-state index is 4.50. The van der Waals surface area contributed by atoms with Gasteiger partial charge in [0, 0.05) is 13.1 Å². The van der Waals surface area contributed by atoms with Gasteiger partial charge in [-0.3, -0.25) is 4.68 Å². The summed E-state index contributed by atoms with van der Waals surface area (Å²) < 4.78 is 2.12. The molecule has 4 nitrogen and oxygen atoms in total. The first-order valence-electron chi connectivity index (χ1n) is 6.52. The first kappa shape index (κ1) is 14.2. The Balaban J connectivity index is 2.30. The highest BCUT2D eigenvalue weighted by Gasteiger charge is 2.03. The van der Waals surface area contributed by atoms with Crippen LogP contribution in [0.4, 0.5) is 0 Å². The third-order valence-corrected chi connectivity index (χ3v) is 2.69. The SMILES string of the molecule is CCCn1nc(C)cc1CNCCCN(C)C. The molecule has 0 aliphatic carbocycles. The van der Waals surface area contributed by atoms with Crippen molar-refractivity contribution in [2.24, 2.45) is 0 Å². The molecule has 0 aromatic carbocycles. The number of nitrogens with zero attached hydrogens (tertiary/aromatic N) is 3. The number of nitrogens with one attached hydrogen (secondary N) is 1. The van der Waals surface area contributed by atoms with E-state index in [0.29, 0.717) is 0 Å². The van der Waals surface area contributed by atoms with Crippen molar-refractivity contribution in [1.29, 1.82) is 0 Å². The number of aryl methyl sites for hydroxylation is 2. The first-order chi connectivity index (χ1) is 8.13. The van der Waals surface area contributed by atoms with Crippen LogP contribution in [0, 0.1) is 6.92 Å². The Labute approximate surface area is 105 Å². The van der Waals surface area contributed by atoms with E-state index in [0.717, 1.165) is 38.3 Å². The second-order valence-corrected chi connectivity index (χ2v) is 4.83. The molecule has 0 saturated carbocycles. The average Bonchev–Trinajstić information content (AvgIpc) is 2.59. The monoisotopic (exact) mass is 238 g/mol. The van der Waals surface area contributed by atoms with Crippen LogP contribution in [0.3, 0.4) is 0 Å². The van der Waals surface area contributed by atoms with E-state index in [-0.39, 0.29) is 0 Å². The van der Waals surface area contributed by atoms with E-state index < -0.39 is 0 Å². The summed E-state index contributed by atoms with van der Waals surface area (Å²) in [4.78, 5) is 2.22. The lowest BCUT2D eigenvalue weighted by Gasteiger charge is -2.10. The highest BCUT2D eigenvalue weighted by Crippen LogP contribution is 2.04. The predicted molar refractivity (Wildman–Crippen MR) is 72.1 cm³/mol. The van der Waals surface area contributed by atoms with Crippen LogP contribution in [0.2, 0.25) is 0 Å². The minimum Gasteiger partial charge on any atom is -0.311 e. The zero-order valence-corrected chi connectivity index (χ0v) is 11.7. The lowest BCUT2D eigenvalue weighted by Crippen LogP contribution is -2.22. The third kappa shape index (κ3) is 5.33. The molecule has 4 heteroatoms. The fourth-order valence-corrected chi connectivity index (χ4v) is 1.88. The van der Waals surface area contributed by atoms with Gasteiger partial charge in [-0.15, -0.1) is 0 Å². The van der Waals surface area contributed by atoms with Crippen molar-refractivity contribution in [2.45, 2.75) is 39.8 Å². The van der Waals surface area contributed by atoms with Crippen LogP contribution < -0.4 is 5.32 Å². The van der Waals surface area contributed by atoms with E-state index in [2.05, 4.69) is 54.0 Å². The minimum absolute atomic E-state index is 0.925. The molecule has 0 aliphatic rings. The van der Waals surface area contributed by atoms with Crippen molar-refractivity contribution in [3.05, 3.63) is 17.5 Å². The Kier molecular flexibility index (Phi) is 6.22. The summed E-state index contributed by atoms with van der Waals surface area (Å²) in [6.45, 7) is 8.39. The molecule has 98 valence electrons. The zero-order chi connectivity index (χ0) is 12.7. The van der Waals surface area contributed by atoms with Crippen LogP contribution in [-0.2, 0) is 13.1 Å². The van der Waals surface area contributed by atoms with Gasteiger partial charge in [0.15, 0.2) is 0 Å². The smallest absolute Gasteiger partial charge is 0.0597 e. The largest absolute Gasteiger partial charge is 0.311 e. The van der Waals surface area contributed by atoms with Crippen LogP contribution in [0.15, 0.2) is 6.07 Å². The van der Waals surface area contributed by atoms with Gasteiger partial charge >= 0.3 is 0 Å². The van der Waals surface area contributed by atoms with Crippen LogP contribution in [-0.4, -0.2) is 41.9 Å². The van der Waals surface area contributed by atoms with Gasteiger partial charge in [0.05, 0.1) is 11.4 Å². The van der Waals surface area contributed by atoms with E-state index in [1.54, 1.807) is 0 Å². The molecule has 0 radical (unpaired) electrons. The predicted octanol–water partition coefficient (Wildman–Crippen LogP) is 1.64. The van der Waals surface area contributed by atoms with Crippen molar-refractivity contribution in [2.75, 3.05) is 27.2 Å². The van der Waals surface area contributed by atoms with Crippen LogP contribution in [0.25, 0.3) is 0 Å². The number of hydrogen-bond acceptors (Lipinski definition) is 3. The summed E-state index contributed by atoms with van der Waals surface area (Å²) in [6, 6.07) is 2.18. The van der Waals surface area contributed by atoms with E-state index in [4.69, 9.17) is 0 Å². The molecule has 1 aromatic heterocycles. The highest BCUT2D eigenvalue weighted by molar-refractivity contribution is 5.08. The van der Waals surface area contributed by atoms with E-state index >= 15 is 0 Å². The highest BCUT2D eigenvalue weighted by atomic mass is 15.3. The molecule has 0 spiro atoms. The molecule has 1 N–H and O–H groups in total. The van der Waals surface area contributed by atoms with Gasteiger partial charge in [-0.2, -0.15) is 5.10 Å². The van der Waals surface area contributed by atoms with Crippen molar-refractivity contribution in [1.82, 2.24) is 20.0 Å². The first-order valence-corrected chi connectivity index (χ1v) is 6.52. The molecule has 1 rings (SSSR count). The Bertz CT molecular complexity index is 317. The molecule has 1 aromatic rings. The third-order valence-electron chi connectivity index (χ3n) is 2.69. The summed E-state index contributed by atoms with van der Waals surface area (Å²) in [5, 5.41) is 7.98. The Morgan fingerprint density at radius 3 is 2.82 bits per heavy atom. The molecule has 0 amide bonds. The average molecular weight is 238 g/mol. The molecule has 0 unspecified atom stereocenters. The molecule has 0 atom stereocenters. The van der Waals surface area contributed by atoms with Crippen molar-refractivity contribution < 1.29 is 0 Å². The molecule has 17 heavy (non-hydrogen) atoms. The summed E-state index contributed by atoms with van der Waals surface area (Å²) in [6.07, 6.45) is 2.32. The molecular weight excluding hydrogens is 212 g/mol. The molecule has 0 saturated heterocycles. The van der Waals surface area contributed by atoms with Crippen LogP contribution in [0.5, 0.6) is 0 Å². The lowest BCUT2D eigenvalue weighted by molar-refractivity contribution is 0.393. The number of hydrogen-bond donors (Lipinski definition) is 1. The number of aromatic nitrogens is 2. The van der Waals surface area contributed by atoms with Crippen molar-refractivity contribution in [3.8, 4) is 0 Å². The maximum Gasteiger partial charge on any atom is 0.0597 e. The molecule has 1 heterocycles. The van der Waals surface area contributed by atoms with Gasteiger partial charge in [-0.1, -0.05) is 6.92 Å². The van der Waals surface area contributed by atoms with Gasteiger partial charge in [0.2, 0.25) is 0 Å². The molecule has 0 fully saturated rings. The van der Waals surface area contributed by atoms with Crippen molar-refractivity contribution in [3.63, 3.8) is 0 Å². The topological polar surface area (TPSA) is 33.1 Å². The maximum atomic E-state index is 4.50. The van der Waals surface area contributed by atoms with Gasteiger partial charge in [-0.25, -0.2) is 0 Å². The Morgan fingerprint density at radius 2 is 2.18 bits per heavy atom. The number of rotatable bonds is 8. The molecular formula is C13H26N4. The summed E-state index contributed by atoms with van der Waals surface area (Å²) >= 11 is 0. The van der Waals surface area contributed by atoms with Gasteiger partial charge in [-0.05, 0) is 53.0 Å². The van der Waals surface area contributed by atoms with Gasteiger partial charge in [0.25, 0.3) is 0 Å². The normalized spacial score (nSPS) is 11.4. The summed E-state index contributed by atoms with van der Waals surface area (Å²) in [5.74, 6) is 0. The van der Waals surface area contributed by atoms with E-state index in [1.165, 1.54) is 12.1 Å². The summed E-state index contributed by atoms with van der Waals surface area (Å²) in [5.41, 5.74) is 2.41. The van der Waals surface area contributed by atoms with Crippen LogP contribution in [0.1, 0.15) is 31.2 Å². The molecule has 0 bridgehead atoms. The second-order valence-electron chi connectivity index (χ2n) is 4.83. The quantitative estimate of drug-likeness (QED) is 0.699. The standard InChI is InChI=1S/C13H26N4/c1-5-8-17-13(10-12(2)15-17)11-14-7-6-9-16(3)4/h10,14H,5-9,11H2,1-4H3. The van der Waals surface area contributed by atoms with Crippen molar-refractivity contribution >= 4 is 0 Å². The van der Waals surface area contributed by atoms with Gasteiger partial charge in [0.1, 0.15) is 0 Å². The fraction of sp³-hybridized carbons (Fsp3) is 0.769. The van der Waals surface area contributed by atoms with Crippen LogP contribution >= 0.6 is 0 Å². The lowest BCUT2D eigenvalue weighted by atomic mass is 10.3. The zero-order valence-electron chi connectivity index (χ0n) is 11.7.